The third-order valence-electron chi connectivity index (χ3n) is 7.36. The average molecular weight is 510 g/mol. The van der Waals surface area contributed by atoms with Gasteiger partial charge in [-0.2, -0.15) is 0 Å². The predicted octanol–water partition coefficient (Wildman–Crippen LogP) is 2.48. The van der Waals surface area contributed by atoms with Crippen LogP contribution in [0.25, 0.3) is 0 Å². The topological polar surface area (TPSA) is 119 Å². The summed E-state index contributed by atoms with van der Waals surface area (Å²) in [4.78, 5) is 36.0. The molecule has 2 aromatic carbocycles. The van der Waals surface area contributed by atoms with Crippen LogP contribution in [-0.4, -0.2) is 76.7 Å². The lowest BCUT2D eigenvalue weighted by Gasteiger charge is -2.38. The Balaban J connectivity index is 0.000000480. The van der Waals surface area contributed by atoms with Crippen LogP contribution in [0.2, 0.25) is 0 Å². The summed E-state index contributed by atoms with van der Waals surface area (Å²) in [5, 5.41) is 18.1. The van der Waals surface area contributed by atoms with E-state index in [1.165, 1.54) is 22.3 Å². The van der Waals surface area contributed by atoms with Crippen LogP contribution in [0.1, 0.15) is 48.1 Å². The number of nitrogens with zero attached hydrogens (tertiary/aromatic N) is 2. The smallest absolute Gasteiger partial charge is 0.414 e. The summed E-state index contributed by atoms with van der Waals surface area (Å²) in [6.45, 7) is 7.70. The van der Waals surface area contributed by atoms with Crippen molar-refractivity contribution in [3.05, 3.63) is 64.7 Å². The molecule has 5 rings (SSSR count). The van der Waals surface area contributed by atoms with Crippen LogP contribution in [0.15, 0.2) is 42.5 Å². The second-order valence-corrected chi connectivity index (χ2v) is 9.79. The lowest BCUT2D eigenvalue weighted by atomic mass is 9.87. The Labute approximate surface area is 217 Å². The second-order valence-electron chi connectivity index (χ2n) is 9.79. The maximum atomic E-state index is 13.0. The van der Waals surface area contributed by atoms with Crippen molar-refractivity contribution in [1.29, 1.82) is 0 Å². The van der Waals surface area contributed by atoms with Gasteiger partial charge in [0.25, 0.3) is 0 Å². The Bertz CT molecular complexity index is 1120. The van der Waals surface area contributed by atoms with Gasteiger partial charge < -0.3 is 20.3 Å². The van der Waals surface area contributed by atoms with Crippen molar-refractivity contribution >= 4 is 17.8 Å². The van der Waals surface area contributed by atoms with Gasteiger partial charge in [0.15, 0.2) is 0 Å². The van der Waals surface area contributed by atoms with Gasteiger partial charge in [-0.25, -0.2) is 9.59 Å². The minimum Gasteiger partial charge on any atom is -0.493 e. The summed E-state index contributed by atoms with van der Waals surface area (Å²) in [6.07, 6.45) is 4.32. The van der Waals surface area contributed by atoms with Gasteiger partial charge in [-0.3, -0.25) is 14.6 Å². The number of fused-ring (bicyclic) bond motifs is 2. The molecule has 3 aliphatic rings. The molecule has 2 unspecified atom stereocenters. The number of aryl methyl sites for hydroxylation is 1. The van der Waals surface area contributed by atoms with Crippen LogP contribution in [0.4, 0.5) is 0 Å². The van der Waals surface area contributed by atoms with Crippen LogP contribution in [0.3, 0.4) is 0 Å². The van der Waals surface area contributed by atoms with Crippen LogP contribution < -0.4 is 10.1 Å². The molecule has 1 amide bonds. The van der Waals surface area contributed by atoms with Gasteiger partial charge in [-0.1, -0.05) is 36.4 Å². The molecule has 2 aliphatic heterocycles. The van der Waals surface area contributed by atoms with E-state index in [0.717, 1.165) is 70.8 Å². The van der Waals surface area contributed by atoms with Gasteiger partial charge in [-0.05, 0) is 54.5 Å². The summed E-state index contributed by atoms with van der Waals surface area (Å²) in [6, 6.07) is 15.2. The Morgan fingerprint density at radius 3 is 2.46 bits per heavy atom. The molecule has 0 bridgehead atoms. The fraction of sp³-hybridized carbons (Fsp3) is 0.464. The monoisotopic (exact) mass is 509 g/mol. The molecule has 1 fully saturated rings. The van der Waals surface area contributed by atoms with Gasteiger partial charge in [-0.15, -0.1) is 0 Å². The number of amides is 1. The Morgan fingerprint density at radius 1 is 1.00 bits per heavy atom. The lowest BCUT2D eigenvalue weighted by molar-refractivity contribution is -0.159. The molecule has 0 radical (unpaired) electrons. The van der Waals surface area contributed by atoms with E-state index >= 15 is 0 Å². The van der Waals surface area contributed by atoms with E-state index in [1.807, 2.05) is 0 Å². The molecule has 9 nitrogen and oxygen atoms in total. The van der Waals surface area contributed by atoms with Crippen molar-refractivity contribution in [2.75, 3.05) is 32.8 Å². The lowest BCUT2D eigenvalue weighted by Crippen LogP contribution is -2.54. The molecule has 37 heavy (non-hydrogen) atoms. The molecule has 0 saturated carbocycles. The van der Waals surface area contributed by atoms with Gasteiger partial charge in [0.05, 0.1) is 18.7 Å². The first kappa shape index (κ1) is 26.6. The van der Waals surface area contributed by atoms with Gasteiger partial charge >= 0.3 is 11.9 Å². The number of carbonyl (C=O) groups is 3. The summed E-state index contributed by atoms with van der Waals surface area (Å²) in [5.41, 5.74) is 5.39. The number of nitrogens with one attached hydrogen (secondary N) is 1. The van der Waals surface area contributed by atoms with Crippen molar-refractivity contribution in [3.63, 3.8) is 0 Å². The zero-order chi connectivity index (χ0) is 26.4. The number of piperazine rings is 1. The number of rotatable bonds is 5. The molecule has 0 spiro atoms. The molecule has 2 heterocycles. The summed E-state index contributed by atoms with van der Waals surface area (Å²) in [5.74, 6) is -2.44. The highest BCUT2D eigenvalue weighted by Gasteiger charge is 2.29. The highest BCUT2D eigenvalue weighted by Crippen LogP contribution is 2.30. The highest BCUT2D eigenvalue weighted by atomic mass is 16.5. The van der Waals surface area contributed by atoms with Crippen molar-refractivity contribution in [2.45, 2.75) is 51.2 Å². The number of hydrogen-bond acceptors (Lipinski definition) is 6. The fourth-order valence-electron chi connectivity index (χ4n) is 5.27. The van der Waals surface area contributed by atoms with E-state index in [9.17, 15) is 4.79 Å². The van der Waals surface area contributed by atoms with Gasteiger partial charge in [0.1, 0.15) is 5.75 Å². The predicted molar refractivity (Wildman–Crippen MR) is 137 cm³/mol. The minimum absolute atomic E-state index is 0.0895. The van der Waals surface area contributed by atoms with Gasteiger partial charge in [0, 0.05) is 39.1 Å². The maximum absolute atomic E-state index is 13.0. The van der Waals surface area contributed by atoms with E-state index in [4.69, 9.17) is 24.5 Å². The first-order valence-corrected chi connectivity index (χ1v) is 12.9. The third kappa shape index (κ3) is 6.87. The number of aliphatic carboxylic acids is 2. The molecule has 2 atom stereocenters. The van der Waals surface area contributed by atoms with Crippen LogP contribution in [0, 0.1) is 0 Å². The SMILES string of the molecule is CC(C(=O)NC1CCCc2ccccc21)N1CCN(Cc2ccc3c(c2)CCO3)CC1.O=C(O)C(=O)O. The zero-order valence-corrected chi connectivity index (χ0v) is 21.2. The summed E-state index contributed by atoms with van der Waals surface area (Å²) >= 11 is 0. The molecule has 2 aromatic rings. The van der Waals surface area contributed by atoms with Crippen molar-refractivity contribution in [1.82, 2.24) is 15.1 Å². The quantitative estimate of drug-likeness (QED) is 0.526. The number of hydrogen-bond donors (Lipinski definition) is 3. The van der Waals surface area contributed by atoms with Crippen molar-refractivity contribution < 1.29 is 29.3 Å². The highest BCUT2D eigenvalue weighted by molar-refractivity contribution is 6.27. The number of ether oxygens (including phenoxy) is 1. The normalized spacial score (nSPS) is 19.9. The first-order valence-electron chi connectivity index (χ1n) is 12.9. The first-order chi connectivity index (χ1) is 17.8. The Morgan fingerprint density at radius 2 is 1.73 bits per heavy atom. The zero-order valence-electron chi connectivity index (χ0n) is 21.2. The van der Waals surface area contributed by atoms with Crippen LogP contribution in [0.5, 0.6) is 5.75 Å². The van der Waals surface area contributed by atoms with E-state index in [2.05, 4.69) is 64.5 Å². The van der Waals surface area contributed by atoms with Crippen molar-refractivity contribution in [3.8, 4) is 5.75 Å². The largest absolute Gasteiger partial charge is 0.493 e. The van der Waals surface area contributed by atoms with Gasteiger partial charge in [0.2, 0.25) is 5.91 Å². The molecular formula is C28H35N3O6. The van der Waals surface area contributed by atoms with Crippen LogP contribution >= 0.6 is 0 Å². The summed E-state index contributed by atoms with van der Waals surface area (Å²) in [7, 11) is 0. The Hall–Kier alpha value is -3.43. The Kier molecular flexibility index (Phi) is 8.78. The van der Waals surface area contributed by atoms with Crippen LogP contribution in [-0.2, 0) is 33.8 Å². The number of benzene rings is 2. The maximum Gasteiger partial charge on any atom is 0.414 e. The van der Waals surface area contributed by atoms with E-state index in [-0.39, 0.29) is 18.0 Å². The van der Waals surface area contributed by atoms with E-state index in [0.29, 0.717) is 0 Å². The third-order valence-corrected chi connectivity index (χ3v) is 7.36. The molecule has 1 aliphatic carbocycles. The van der Waals surface area contributed by atoms with E-state index < -0.39 is 11.9 Å². The number of carbonyl (C=O) groups excluding carboxylic acids is 1. The number of carboxylic acids is 2. The van der Waals surface area contributed by atoms with E-state index in [1.54, 1.807) is 0 Å². The molecule has 1 saturated heterocycles. The standard InChI is InChI=1S/C26H33N3O2.C2H2O4/c1-19(26(30)27-24-8-4-6-21-5-2-3-7-23(21)24)29-14-12-28(13-15-29)18-20-9-10-25-22(17-20)11-16-31-25;3-1(4)2(5)6/h2-3,5,7,9-10,17,19,24H,4,6,8,11-16,18H2,1H3,(H,27,30);(H,3,4)(H,5,6). The fourth-order valence-corrected chi connectivity index (χ4v) is 5.27. The molecule has 9 heteroatoms. The summed E-state index contributed by atoms with van der Waals surface area (Å²) < 4.78 is 5.62. The average Bonchev–Trinajstić information content (AvgIpc) is 3.37. The molecular weight excluding hydrogens is 474 g/mol. The minimum atomic E-state index is -1.82. The number of carboxylic acid groups (broad SMARTS) is 2. The second kappa shape index (κ2) is 12.2. The molecule has 3 N–H and O–H groups in total. The molecule has 0 aromatic heterocycles. The van der Waals surface area contributed by atoms with Crippen molar-refractivity contribution in [2.24, 2.45) is 0 Å². The molecule has 198 valence electrons.